The summed E-state index contributed by atoms with van der Waals surface area (Å²) in [6.45, 7) is 10.0. The fourth-order valence-electron chi connectivity index (χ4n) is 2.03. The van der Waals surface area contributed by atoms with Crippen LogP contribution < -0.4 is 0 Å². The van der Waals surface area contributed by atoms with E-state index in [0.29, 0.717) is 13.2 Å². The molecule has 0 saturated carbocycles. The molecule has 0 aliphatic carbocycles. The van der Waals surface area contributed by atoms with Crippen LogP contribution in [-0.2, 0) is 4.74 Å². The molecule has 0 atom stereocenters. The highest BCUT2D eigenvalue weighted by Crippen LogP contribution is 2.32. The normalized spacial score (nSPS) is 25.7. The van der Waals surface area contributed by atoms with E-state index in [2.05, 4.69) is 13.8 Å². The van der Waals surface area contributed by atoms with Crippen LogP contribution in [0.15, 0.2) is 0 Å². The van der Waals surface area contributed by atoms with Gasteiger partial charge in [0.15, 0.2) is 0 Å². The first kappa shape index (κ1) is 10.7. The lowest BCUT2D eigenvalue weighted by molar-refractivity contribution is 0.0458. The summed E-state index contributed by atoms with van der Waals surface area (Å²) in [7, 11) is 0. The molecular weight excluding hydrogens is 192 g/mol. The van der Waals surface area contributed by atoms with Crippen LogP contribution in [0.1, 0.15) is 20.3 Å². The summed E-state index contributed by atoms with van der Waals surface area (Å²) in [5.74, 6) is 0. The molecular formula is C11H19N2O2. The van der Waals surface area contributed by atoms with Crippen molar-refractivity contribution in [3.05, 3.63) is 6.54 Å². The fraction of sp³-hybridized carbons (Fsp3) is 0.818. The molecule has 2 fully saturated rings. The Morgan fingerprint density at radius 1 is 1.33 bits per heavy atom. The van der Waals surface area contributed by atoms with Crippen LogP contribution in [0, 0.1) is 12.0 Å². The van der Waals surface area contributed by atoms with E-state index in [1.165, 1.54) is 0 Å². The van der Waals surface area contributed by atoms with Gasteiger partial charge in [-0.2, -0.15) is 0 Å². The second kappa shape index (κ2) is 4.00. The maximum atomic E-state index is 12.1. The first-order valence-electron chi connectivity index (χ1n) is 5.55. The highest BCUT2D eigenvalue weighted by Gasteiger charge is 2.34. The number of urea groups is 1. The second-order valence-corrected chi connectivity index (χ2v) is 5.06. The van der Waals surface area contributed by atoms with Crippen LogP contribution in [-0.4, -0.2) is 48.7 Å². The number of nitrogens with zero attached hydrogens (tertiary/aromatic N) is 2. The molecule has 4 nitrogen and oxygen atoms in total. The summed E-state index contributed by atoms with van der Waals surface area (Å²) < 4.78 is 5.23. The quantitative estimate of drug-likeness (QED) is 0.605. The molecule has 0 spiro atoms. The number of carbonyl (C=O) groups is 1. The molecule has 2 aliphatic rings. The highest BCUT2D eigenvalue weighted by atomic mass is 16.5. The molecule has 1 radical (unpaired) electrons. The minimum Gasteiger partial charge on any atom is -0.378 e. The Balaban J connectivity index is 1.90. The van der Waals surface area contributed by atoms with Crippen molar-refractivity contribution < 1.29 is 9.53 Å². The molecule has 4 heteroatoms. The third kappa shape index (κ3) is 2.43. The molecule has 2 amide bonds. The van der Waals surface area contributed by atoms with Gasteiger partial charge in [0.1, 0.15) is 0 Å². The molecule has 2 rings (SSSR count). The van der Waals surface area contributed by atoms with Crippen LogP contribution in [0.3, 0.4) is 0 Å². The Hall–Kier alpha value is -0.770. The van der Waals surface area contributed by atoms with Crippen LogP contribution >= 0.6 is 0 Å². The van der Waals surface area contributed by atoms with Gasteiger partial charge in [-0.3, -0.25) is 0 Å². The van der Waals surface area contributed by atoms with Crippen LogP contribution in [0.4, 0.5) is 4.79 Å². The minimum atomic E-state index is 0.142. The van der Waals surface area contributed by atoms with E-state index in [4.69, 9.17) is 4.74 Å². The van der Waals surface area contributed by atoms with Gasteiger partial charge in [-0.05, 0) is 11.8 Å². The zero-order valence-electron chi connectivity index (χ0n) is 9.53. The second-order valence-electron chi connectivity index (χ2n) is 5.06. The van der Waals surface area contributed by atoms with Gasteiger partial charge in [0.05, 0.1) is 19.8 Å². The Morgan fingerprint density at radius 3 is 2.53 bits per heavy atom. The monoisotopic (exact) mass is 211 g/mol. The van der Waals surface area contributed by atoms with Crippen molar-refractivity contribution in [2.45, 2.75) is 20.3 Å². The average molecular weight is 211 g/mol. The van der Waals surface area contributed by atoms with Gasteiger partial charge in [0, 0.05) is 19.6 Å². The van der Waals surface area contributed by atoms with Gasteiger partial charge in [0.25, 0.3) is 0 Å². The van der Waals surface area contributed by atoms with Gasteiger partial charge < -0.3 is 14.5 Å². The lowest BCUT2D eigenvalue weighted by Crippen LogP contribution is -2.46. The van der Waals surface area contributed by atoms with Crippen molar-refractivity contribution in [3.8, 4) is 0 Å². The molecule has 2 heterocycles. The molecule has 0 aromatic rings. The smallest absolute Gasteiger partial charge is 0.320 e. The topological polar surface area (TPSA) is 32.8 Å². The summed E-state index contributed by atoms with van der Waals surface area (Å²) in [5.41, 5.74) is 0.238. The Morgan fingerprint density at radius 2 is 2.00 bits per heavy atom. The van der Waals surface area contributed by atoms with E-state index >= 15 is 0 Å². The third-order valence-electron chi connectivity index (χ3n) is 2.99. The number of amides is 2. The number of hydrogen-bond donors (Lipinski definition) is 0. The van der Waals surface area contributed by atoms with E-state index in [1.54, 1.807) is 0 Å². The predicted octanol–water partition coefficient (Wildman–Crippen LogP) is 1.33. The van der Waals surface area contributed by atoms with Crippen LogP contribution in [0.25, 0.3) is 0 Å². The zero-order valence-corrected chi connectivity index (χ0v) is 9.53. The van der Waals surface area contributed by atoms with Crippen LogP contribution in [0.5, 0.6) is 0 Å². The molecule has 0 aromatic carbocycles. The largest absolute Gasteiger partial charge is 0.378 e. The lowest BCUT2D eigenvalue weighted by atomic mass is 9.93. The number of rotatable bonds is 0. The summed E-state index contributed by atoms with van der Waals surface area (Å²) >= 11 is 0. The maximum Gasteiger partial charge on any atom is 0.320 e. The maximum absolute atomic E-state index is 12.1. The van der Waals surface area contributed by atoms with Crippen molar-refractivity contribution in [2.24, 2.45) is 5.41 Å². The van der Waals surface area contributed by atoms with E-state index in [1.807, 2.05) is 16.3 Å². The number of morpholine rings is 1. The average Bonchev–Trinajstić information content (AvgIpc) is 2.59. The van der Waals surface area contributed by atoms with Crippen LogP contribution in [0.2, 0.25) is 0 Å². The summed E-state index contributed by atoms with van der Waals surface area (Å²) in [6, 6.07) is 0.142. The summed E-state index contributed by atoms with van der Waals surface area (Å²) in [6.07, 6.45) is 0.989. The van der Waals surface area contributed by atoms with Crippen molar-refractivity contribution in [1.82, 2.24) is 9.80 Å². The highest BCUT2D eigenvalue weighted by molar-refractivity contribution is 5.75. The Bertz CT molecular complexity index is 247. The fourth-order valence-corrected chi connectivity index (χ4v) is 2.03. The molecule has 0 unspecified atom stereocenters. The van der Waals surface area contributed by atoms with Gasteiger partial charge in [0.2, 0.25) is 0 Å². The van der Waals surface area contributed by atoms with E-state index in [0.717, 1.165) is 26.1 Å². The van der Waals surface area contributed by atoms with Gasteiger partial charge in [-0.1, -0.05) is 13.8 Å². The molecule has 0 bridgehead atoms. The van der Waals surface area contributed by atoms with E-state index in [-0.39, 0.29) is 11.4 Å². The standard InChI is InChI=1S/C11H19N2O2/c1-11(2)3-4-13(9-11)10(14)12-5-7-15-8-6-12/h4H,3,5-9H2,1-2H3. The first-order chi connectivity index (χ1) is 7.08. The van der Waals surface area contributed by atoms with Crippen molar-refractivity contribution >= 4 is 6.03 Å². The zero-order chi connectivity index (χ0) is 10.9. The van der Waals surface area contributed by atoms with E-state index < -0.39 is 0 Å². The molecule has 0 N–H and O–H groups in total. The van der Waals surface area contributed by atoms with Gasteiger partial charge in [-0.25, -0.2) is 4.79 Å². The number of hydrogen-bond acceptors (Lipinski definition) is 2. The SMILES string of the molecule is CC1(C)C[CH]N(C(=O)N2CCOCC2)C1. The minimum absolute atomic E-state index is 0.142. The predicted molar refractivity (Wildman–Crippen MR) is 57.2 cm³/mol. The van der Waals surface area contributed by atoms with Gasteiger partial charge in [-0.15, -0.1) is 0 Å². The lowest BCUT2D eigenvalue weighted by Gasteiger charge is -2.31. The van der Waals surface area contributed by atoms with E-state index in [9.17, 15) is 4.79 Å². The molecule has 2 saturated heterocycles. The number of likely N-dealkylation sites (tertiary alicyclic amines) is 1. The Labute approximate surface area is 91.2 Å². The summed E-state index contributed by atoms with van der Waals surface area (Å²) in [5, 5.41) is 0. The van der Waals surface area contributed by atoms with Crippen molar-refractivity contribution in [3.63, 3.8) is 0 Å². The summed E-state index contributed by atoms with van der Waals surface area (Å²) in [4.78, 5) is 15.8. The Kier molecular flexibility index (Phi) is 2.87. The molecule has 0 aromatic heterocycles. The first-order valence-corrected chi connectivity index (χ1v) is 5.55. The molecule has 2 aliphatic heterocycles. The molecule has 85 valence electrons. The van der Waals surface area contributed by atoms with Crippen molar-refractivity contribution in [2.75, 3.05) is 32.8 Å². The third-order valence-corrected chi connectivity index (χ3v) is 2.99. The van der Waals surface area contributed by atoms with Gasteiger partial charge >= 0.3 is 6.03 Å². The molecule has 15 heavy (non-hydrogen) atoms. The number of ether oxygens (including phenoxy) is 1. The number of carbonyl (C=O) groups excluding carboxylic acids is 1. The van der Waals surface area contributed by atoms with Crippen molar-refractivity contribution in [1.29, 1.82) is 0 Å².